The summed E-state index contributed by atoms with van der Waals surface area (Å²) in [5.41, 5.74) is 1.17. The number of hydrogen-bond donors (Lipinski definition) is 1. The van der Waals surface area contributed by atoms with Gasteiger partial charge in [-0.25, -0.2) is 0 Å². The SMILES string of the molecule is CC(Nc1cc(Cl)ccc1[N+](=O)[O-])c1ccc(Br)cc1Cl. The van der Waals surface area contributed by atoms with Crippen LogP contribution in [-0.4, -0.2) is 4.92 Å². The van der Waals surface area contributed by atoms with Crippen LogP contribution in [0.15, 0.2) is 40.9 Å². The smallest absolute Gasteiger partial charge is 0.292 e. The van der Waals surface area contributed by atoms with Crippen molar-refractivity contribution in [3.8, 4) is 0 Å². The molecule has 2 aromatic carbocycles. The predicted octanol–water partition coefficient (Wildman–Crippen LogP) is 5.84. The zero-order valence-corrected chi connectivity index (χ0v) is 14.0. The van der Waals surface area contributed by atoms with Crippen LogP contribution in [0.1, 0.15) is 18.5 Å². The van der Waals surface area contributed by atoms with Crippen molar-refractivity contribution >= 4 is 50.5 Å². The number of halogens is 3. The van der Waals surface area contributed by atoms with Gasteiger partial charge in [0.2, 0.25) is 0 Å². The first-order valence-corrected chi connectivity index (χ1v) is 7.59. The Labute approximate surface area is 140 Å². The summed E-state index contributed by atoms with van der Waals surface area (Å²) in [6, 6.07) is 9.70. The second-order valence-electron chi connectivity index (χ2n) is 4.45. The molecule has 2 aromatic rings. The van der Waals surface area contributed by atoms with Crippen molar-refractivity contribution in [1.29, 1.82) is 0 Å². The Hall–Kier alpha value is -1.30. The normalized spacial score (nSPS) is 12.0. The number of anilines is 1. The van der Waals surface area contributed by atoms with Crippen LogP contribution < -0.4 is 5.32 Å². The number of hydrogen-bond acceptors (Lipinski definition) is 3. The lowest BCUT2D eigenvalue weighted by Gasteiger charge is -2.17. The zero-order chi connectivity index (χ0) is 15.6. The van der Waals surface area contributed by atoms with Gasteiger partial charge >= 0.3 is 0 Å². The van der Waals surface area contributed by atoms with Crippen LogP contribution in [0, 0.1) is 10.1 Å². The van der Waals surface area contributed by atoms with Gasteiger partial charge in [-0.1, -0.05) is 45.2 Å². The highest BCUT2D eigenvalue weighted by atomic mass is 79.9. The summed E-state index contributed by atoms with van der Waals surface area (Å²) in [5, 5.41) is 15.1. The Kier molecular flexibility index (Phi) is 5.08. The van der Waals surface area contributed by atoms with Gasteiger partial charge in [0.05, 0.1) is 11.0 Å². The number of benzene rings is 2. The highest BCUT2D eigenvalue weighted by molar-refractivity contribution is 9.10. The van der Waals surface area contributed by atoms with Gasteiger partial charge in [0, 0.05) is 20.6 Å². The number of nitro benzene ring substituents is 1. The van der Waals surface area contributed by atoms with E-state index in [0.29, 0.717) is 15.7 Å². The van der Waals surface area contributed by atoms with E-state index in [9.17, 15) is 10.1 Å². The molecule has 1 atom stereocenters. The number of nitrogens with zero attached hydrogens (tertiary/aromatic N) is 1. The minimum atomic E-state index is -0.450. The van der Waals surface area contributed by atoms with Gasteiger partial charge in [-0.05, 0) is 36.8 Å². The van der Waals surface area contributed by atoms with Gasteiger partial charge in [0.25, 0.3) is 5.69 Å². The molecule has 0 saturated heterocycles. The Morgan fingerprint density at radius 2 is 1.95 bits per heavy atom. The monoisotopic (exact) mass is 388 g/mol. The van der Waals surface area contributed by atoms with E-state index in [1.54, 1.807) is 6.07 Å². The molecular formula is C14H11BrCl2N2O2. The molecule has 1 N–H and O–H groups in total. The Balaban J connectivity index is 2.33. The van der Waals surface area contributed by atoms with Gasteiger partial charge in [-0.15, -0.1) is 0 Å². The third kappa shape index (κ3) is 3.87. The lowest BCUT2D eigenvalue weighted by Crippen LogP contribution is -2.09. The van der Waals surface area contributed by atoms with Gasteiger partial charge in [-0.2, -0.15) is 0 Å². The average molecular weight is 390 g/mol. The quantitative estimate of drug-likeness (QED) is 0.528. The van der Waals surface area contributed by atoms with Crippen molar-refractivity contribution in [2.75, 3.05) is 5.32 Å². The van der Waals surface area contributed by atoms with E-state index in [0.717, 1.165) is 10.0 Å². The van der Waals surface area contributed by atoms with E-state index in [2.05, 4.69) is 21.2 Å². The van der Waals surface area contributed by atoms with E-state index in [1.165, 1.54) is 18.2 Å². The highest BCUT2D eigenvalue weighted by Crippen LogP contribution is 2.33. The van der Waals surface area contributed by atoms with Crippen molar-refractivity contribution in [2.45, 2.75) is 13.0 Å². The molecule has 0 aliphatic carbocycles. The first-order chi connectivity index (χ1) is 9.88. The molecule has 0 radical (unpaired) electrons. The molecule has 0 aliphatic rings. The maximum atomic E-state index is 11.1. The van der Waals surface area contributed by atoms with E-state index < -0.39 is 4.92 Å². The van der Waals surface area contributed by atoms with Gasteiger partial charge in [0.15, 0.2) is 0 Å². The molecule has 1 unspecified atom stereocenters. The average Bonchev–Trinajstić information content (AvgIpc) is 2.37. The van der Waals surface area contributed by atoms with E-state index in [4.69, 9.17) is 23.2 Å². The molecule has 0 amide bonds. The van der Waals surface area contributed by atoms with Crippen LogP contribution in [0.3, 0.4) is 0 Å². The molecule has 0 saturated carbocycles. The maximum Gasteiger partial charge on any atom is 0.292 e. The molecule has 0 fully saturated rings. The summed E-state index contributed by atoms with van der Waals surface area (Å²) in [7, 11) is 0. The van der Waals surface area contributed by atoms with E-state index in [-0.39, 0.29) is 11.7 Å². The molecule has 7 heteroatoms. The lowest BCUT2D eigenvalue weighted by atomic mass is 10.1. The maximum absolute atomic E-state index is 11.1. The van der Waals surface area contributed by atoms with Crippen LogP contribution in [0.4, 0.5) is 11.4 Å². The third-order valence-electron chi connectivity index (χ3n) is 2.96. The topological polar surface area (TPSA) is 55.2 Å². The van der Waals surface area contributed by atoms with Crippen molar-refractivity contribution in [2.24, 2.45) is 0 Å². The molecule has 0 aromatic heterocycles. The Bertz CT molecular complexity index is 695. The summed E-state index contributed by atoms with van der Waals surface area (Å²) in [6.45, 7) is 1.87. The molecule has 0 heterocycles. The number of nitrogens with one attached hydrogen (secondary N) is 1. The summed E-state index contributed by atoms with van der Waals surface area (Å²) >= 11 is 15.4. The van der Waals surface area contributed by atoms with E-state index >= 15 is 0 Å². The predicted molar refractivity (Wildman–Crippen MR) is 89.3 cm³/mol. The number of rotatable bonds is 4. The molecule has 0 bridgehead atoms. The minimum absolute atomic E-state index is 0.0283. The van der Waals surface area contributed by atoms with Gasteiger partial charge in [0.1, 0.15) is 5.69 Å². The van der Waals surface area contributed by atoms with Crippen molar-refractivity contribution in [1.82, 2.24) is 0 Å². The molecular weight excluding hydrogens is 379 g/mol. The highest BCUT2D eigenvalue weighted by Gasteiger charge is 2.17. The first-order valence-electron chi connectivity index (χ1n) is 6.04. The largest absolute Gasteiger partial charge is 0.373 e. The standard InChI is InChI=1S/C14H11BrCl2N2O2/c1-8(11-4-2-9(15)6-12(11)17)18-13-7-10(16)3-5-14(13)19(20)21/h2-8,18H,1H3. The van der Waals surface area contributed by atoms with Crippen LogP contribution in [0.5, 0.6) is 0 Å². The summed E-state index contributed by atoms with van der Waals surface area (Å²) < 4.78 is 0.872. The second kappa shape index (κ2) is 6.64. The first kappa shape index (κ1) is 16.1. The summed E-state index contributed by atoms with van der Waals surface area (Å²) in [5.74, 6) is 0. The van der Waals surface area contributed by atoms with Gasteiger partial charge in [-0.3, -0.25) is 10.1 Å². The summed E-state index contributed by atoms with van der Waals surface area (Å²) in [6.07, 6.45) is 0. The third-order valence-corrected chi connectivity index (χ3v) is 4.01. The van der Waals surface area contributed by atoms with Crippen LogP contribution in [0.2, 0.25) is 10.0 Å². The molecule has 2 rings (SSSR count). The fourth-order valence-corrected chi connectivity index (χ4v) is 2.96. The fraction of sp³-hybridized carbons (Fsp3) is 0.143. The second-order valence-corrected chi connectivity index (χ2v) is 6.21. The number of nitro groups is 1. The van der Waals surface area contributed by atoms with Gasteiger partial charge < -0.3 is 5.32 Å². The molecule has 0 spiro atoms. The van der Waals surface area contributed by atoms with Crippen molar-refractivity contribution in [3.63, 3.8) is 0 Å². The molecule has 0 aliphatic heterocycles. The van der Waals surface area contributed by atoms with Crippen LogP contribution in [0.25, 0.3) is 0 Å². The van der Waals surface area contributed by atoms with Crippen LogP contribution in [-0.2, 0) is 0 Å². The fourth-order valence-electron chi connectivity index (χ4n) is 1.95. The molecule has 4 nitrogen and oxygen atoms in total. The zero-order valence-electron chi connectivity index (χ0n) is 10.9. The summed E-state index contributed by atoms with van der Waals surface area (Å²) in [4.78, 5) is 10.6. The Morgan fingerprint density at radius 3 is 2.57 bits per heavy atom. The molecule has 110 valence electrons. The molecule has 21 heavy (non-hydrogen) atoms. The van der Waals surface area contributed by atoms with Crippen molar-refractivity contribution in [3.05, 3.63) is 66.6 Å². The van der Waals surface area contributed by atoms with Crippen LogP contribution >= 0.6 is 39.1 Å². The Morgan fingerprint density at radius 1 is 1.24 bits per heavy atom. The minimum Gasteiger partial charge on any atom is -0.373 e. The lowest BCUT2D eigenvalue weighted by molar-refractivity contribution is -0.384. The van der Waals surface area contributed by atoms with E-state index in [1.807, 2.05) is 19.1 Å². The van der Waals surface area contributed by atoms with Crippen molar-refractivity contribution < 1.29 is 4.92 Å².